The summed E-state index contributed by atoms with van der Waals surface area (Å²) >= 11 is 0. The average molecular weight is 198 g/mol. The molecule has 0 amide bonds. The fourth-order valence-corrected chi connectivity index (χ4v) is 2.41. The lowest BCUT2D eigenvalue weighted by atomic mass is 10.1. The minimum Gasteiger partial charge on any atom is -0.395 e. The molecule has 0 aromatic carbocycles. The number of aliphatic hydroxyl groups excluding tert-OH is 1. The van der Waals surface area contributed by atoms with Crippen molar-refractivity contribution in [2.24, 2.45) is 0 Å². The van der Waals surface area contributed by atoms with Crippen LogP contribution in [0.5, 0.6) is 0 Å². The van der Waals surface area contributed by atoms with Crippen molar-refractivity contribution in [3.8, 4) is 0 Å². The Hall–Kier alpha value is -0.120. The number of hydrogen-bond acceptors (Lipinski definition) is 3. The molecule has 1 aliphatic heterocycles. The van der Waals surface area contributed by atoms with Gasteiger partial charge in [0.2, 0.25) is 0 Å². The van der Waals surface area contributed by atoms with Crippen molar-refractivity contribution >= 4 is 0 Å². The zero-order valence-corrected chi connectivity index (χ0v) is 9.32. The standard InChI is InChI=1S/C11H22N2O/c1-9(2)12-5-6-13(10-3-4-10)11(7-12)8-14/h9-11,14H,3-8H2,1-2H3/t11-/m0/s1. The zero-order valence-electron chi connectivity index (χ0n) is 9.32. The van der Waals surface area contributed by atoms with Crippen molar-refractivity contribution in [3.05, 3.63) is 0 Å². The molecule has 0 unspecified atom stereocenters. The maximum Gasteiger partial charge on any atom is 0.0599 e. The third-order valence-electron chi connectivity index (χ3n) is 3.52. The summed E-state index contributed by atoms with van der Waals surface area (Å²) in [6.07, 6.45) is 2.69. The molecule has 2 rings (SSSR count). The van der Waals surface area contributed by atoms with Crippen LogP contribution in [-0.2, 0) is 0 Å². The summed E-state index contributed by atoms with van der Waals surface area (Å²) in [7, 11) is 0. The van der Waals surface area contributed by atoms with E-state index in [1.807, 2.05) is 0 Å². The molecule has 3 heteroatoms. The smallest absolute Gasteiger partial charge is 0.0599 e. The maximum absolute atomic E-state index is 9.37. The van der Waals surface area contributed by atoms with Gasteiger partial charge in [-0.25, -0.2) is 0 Å². The van der Waals surface area contributed by atoms with E-state index in [4.69, 9.17) is 0 Å². The summed E-state index contributed by atoms with van der Waals surface area (Å²) < 4.78 is 0. The van der Waals surface area contributed by atoms with Gasteiger partial charge in [0.1, 0.15) is 0 Å². The van der Waals surface area contributed by atoms with E-state index >= 15 is 0 Å². The van der Waals surface area contributed by atoms with E-state index in [0.29, 0.717) is 18.7 Å². The lowest BCUT2D eigenvalue weighted by molar-refractivity contribution is 0.0221. The van der Waals surface area contributed by atoms with Crippen LogP contribution in [0.1, 0.15) is 26.7 Å². The number of piperazine rings is 1. The molecular formula is C11H22N2O. The summed E-state index contributed by atoms with van der Waals surface area (Å²) in [5, 5.41) is 9.37. The Morgan fingerprint density at radius 3 is 2.50 bits per heavy atom. The largest absolute Gasteiger partial charge is 0.395 e. The first-order valence-electron chi connectivity index (χ1n) is 5.83. The molecule has 1 heterocycles. The van der Waals surface area contributed by atoms with E-state index in [1.165, 1.54) is 19.4 Å². The lowest BCUT2D eigenvalue weighted by Crippen LogP contribution is -2.56. The van der Waals surface area contributed by atoms with E-state index in [-0.39, 0.29) is 0 Å². The Morgan fingerprint density at radius 1 is 1.29 bits per heavy atom. The number of aliphatic hydroxyl groups is 1. The molecular weight excluding hydrogens is 176 g/mol. The molecule has 2 aliphatic rings. The highest BCUT2D eigenvalue weighted by Gasteiger charge is 2.37. The second-order valence-electron chi connectivity index (χ2n) is 4.89. The Bertz CT molecular complexity index is 192. The highest BCUT2D eigenvalue weighted by Crippen LogP contribution is 2.30. The second kappa shape index (κ2) is 4.17. The van der Waals surface area contributed by atoms with E-state index < -0.39 is 0 Å². The Morgan fingerprint density at radius 2 is 2.00 bits per heavy atom. The Balaban J connectivity index is 1.92. The summed E-state index contributed by atoms with van der Waals surface area (Å²) in [6, 6.07) is 1.80. The summed E-state index contributed by atoms with van der Waals surface area (Å²) in [4.78, 5) is 4.98. The predicted octanol–water partition coefficient (Wildman–Crippen LogP) is 0.536. The van der Waals surface area contributed by atoms with Crippen molar-refractivity contribution in [1.82, 2.24) is 9.80 Å². The normalized spacial score (nSPS) is 31.3. The summed E-state index contributed by atoms with van der Waals surface area (Å²) in [6.45, 7) is 8.16. The molecule has 1 atom stereocenters. The van der Waals surface area contributed by atoms with Crippen LogP contribution >= 0.6 is 0 Å². The first kappa shape index (κ1) is 10.4. The van der Waals surface area contributed by atoms with Gasteiger partial charge in [0.25, 0.3) is 0 Å². The molecule has 14 heavy (non-hydrogen) atoms. The zero-order chi connectivity index (χ0) is 10.1. The van der Waals surface area contributed by atoms with Crippen LogP contribution in [0.2, 0.25) is 0 Å². The summed E-state index contributed by atoms with van der Waals surface area (Å²) in [5.41, 5.74) is 0. The molecule has 0 aromatic rings. The second-order valence-corrected chi connectivity index (χ2v) is 4.89. The van der Waals surface area contributed by atoms with Gasteiger partial charge < -0.3 is 5.11 Å². The maximum atomic E-state index is 9.37. The van der Waals surface area contributed by atoms with E-state index in [2.05, 4.69) is 23.6 Å². The first-order valence-corrected chi connectivity index (χ1v) is 5.83. The van der Waals surface area contributed by atoms with Gasteiger partial charge in [0, 0.05) is 37.8 Å². The molecule has 0 bridgehead atoms. The fourth-order valence-electron chi connectivity index (χ4n) is 2.41. The molecule has 82 valence electrons. The highest BCUT2D eigenvalue weighted by molar-refractivity contribution is 4.93. The molecule has 3 nitrogen and oxygen atoms in total. The molecule has 0 spiro atoms. The number of nitrogens with zero attached hydrogens (tertiary/aromatic N) is 2. The molecule has 1 saturated carbocycles. The minimum atomic E-state index is 0.319. The Labute approximate surface area is 86.7 Å². The number of hydrogen-bond donors (Lipinski definition) is 1. The van der Waals surface area contributed by atoms with Gasteiger partial charge in [-0.05, 0) is 26.7 Å². The van der Waals surface area contributed by atoms with Gasteiger partial charge >= 0.3 is 0 Å². The fraction of sp³-hybridized carbons (Fsp3) is 1.00. The van der Waals surface area contributed by atoms with Gasteiger partial charge in [0.15, 0.2) is 0 Å². The van der Waals surface area contributed by atoms with Crippen molar-refractivity contribution in [1.29, 1.82) is 0 Å². The van der Waals surface area contributed by atoms with Gasteiger partial charge in [-0.15, -0.1) is 0 Å². The van der Waals surface area contributed by atoms with Crippen LogP contribution in [0.15, 0.2) is 0 Å². The summed E-state index contributed by atoms with van der Waals surface area (Å²) in [5.74, 6) is 0. The van der Waals surface area contributed by atoms with Gasteiger partial charge in [-0.2, -0.15) is 0 Å². The van der Waals surface area contributed by atoms with E-state index in [0.717, 1.165) is 19.1 Å². The van der Waals surface area contributed by atoms with Crippen molar-refractivity contribution in [2.45, 2.75) is 44.8 Å². The third kappa shape index (κ3) is 2.10. The van der Waals surface area contributed by atoms with Crippen LogP contribution in [0.4, 0.5) is 0 Å². The van der Waals surface area contributed by atoms with Gasteiger partial charge in [-0.1, -0.05) is 0 Å². The Kier molecular flexibility index (Phi) is 3.10. The molecule has 1 N–H and O–H groups in total. The number of rotatable bonds is 3. The quantitative estimate of drug-likeness (QED) is 0.717. The van der Waals surface area contributed by atoms with Crippen LogP contribution in [0, 0.1) is 0 Å². The topological polar surface area (TPSA) is 26.7 Å². The van der Waals surface area contributed by atoms with Crippen molar-refractivity contribution in [2.75, 3.05) is 26.2 Å². The monoisotopic (exact) mass is 198 g/mol. The highest BCUT2D eigenvalue weighted by atomic mass is 16.3. The van der Waals surface area contributed by atoms with Crippen molar-refractivity contribution in [3.63, 3.8) is 0 Å². The van der Waals surface area contributed by atoms with E-state index in [1.54, 1.807) is 0 Å². The third-order valence-corrected chi connectivity index (χ3v) is 3.52. The van der Waals surface area contributed by atoms with E-state index in [9.17, 15) is 5.11 Å². The molecule has 0 radical (unpaired) electrons. The van der Waals surface area contributed by atoms with Crippen LogP contribution in [-0.4, -0.2) is 59.3 Å². The SMILES string of the molecule is CC(C)N1CCN(C2CC2)[C@H](CO)C1. The molecule has 1 saturated heterocycles. The van der Waals surface area contributed by atoms with Gasteiger partial charge in [-0.3, -0.25) is 9.80 Å². The van der Waals surface area contributed by atoms with Gasteiger partial charge in [0.05, 0.1) is 6.61 Å². The molecule has 2 fully saturated rings. The lowest BCUT2D eigenvalue weighted by Gasteiger charge is -2.42. The van der Waals surface area contributed by atoms with Crippen LogP contribution < -0.4 is 0 Å². The molecule has 1 aliphatic carbocycles. The average Bonchev–Trinajstić information content (AvgIpc) is 3.00. The van der Waals surface area contributed by atoms with Crippen molar-refractivity contribution < 1.29 is 5.11 Å². The van der Waals surface area contributed by atoms with Crippen LogP contribution in [0.25, 0.3) is 0 Å². The van der Waals surface area contributed by atoms with Crippen LogP contribution in [0.3, 0.4) is 0 Å². The molecule has 0 aromatic heterocycles. The predicted molar refractivity (Wildman–Crippen MR) is 57.3 cm³/mol. The minimum absolute atomic E-state index is 0.319. The first-order chi connectivity index (χ1) is 6.72.